The molecule has 3 aromatic carbocycles. The number of hydrogen-bond donors (Lipinski definition) is 1. The normalized spacial score (nSPS) is 11.5. The maximum atomic E-state index is 13.3. The first-order valence-corrected chi connectivity index (χ1v) is 12.5. The van der Waals surface area contributed by atoms with Gasteiger partial charge in [-0.25, -0.2) is 13.8 Å². The highest BCUT2D eigenvalue weighted by molar-refractivity contribution is 7.92. The van der Waals surface area contributed by atoms with Gasteiger partial charge in [-0.15, -0.1) is 0 Å². The van der Waals surface area contributed by atoms with Crippen molar-refractivity contribution in [3.8, 4) is 5.75 Å². The number of carbonyl (C=O) groups excluding carboxylic acids is 1. The number of sulfonamides is 1. The van der Waals surface area contributed by atoms with Crippen LogP contribution >= 0.6 is 11.6 Å². The Kier molecular flexibility index (Phi) is 8.67. The fourth-order valence-corrected chi connectivity index (χ4v) is 4.45. The number of halogens is 1. The van der Waals surface area contributed by atoms with Crippen LogP contribution in [0, 0.1) is 5.92 Å². The Hall–Kier alpha value is -3.36. The molecule has 3 aromatic rings. The zero-order valence-electron chi connectivity index (χ0n) is 18.9. The van der Waals surface area contributed by atoms with Crippen molar-refractivity contribution < 1.29 is 17.9 Å². The SMILES string of the molecule is CC(C)COc1ccc(/C=N\NC(=O)CN(c2ccccc2)S(=O)(=O)c2ccc(Cl)cc2)cc1. The number of rotatable bonds is 10. The van der Waals surface area contributed by atoms with Crippen LogP contribution in [0.25, 0.3) is 0 Å². The summed E-state index contributed by atoms with van der Waals surface area (Å²) in [7, 11) is -4.01. The lowest BCUT2D eigenvalue weighted by atomic mass is 10.2. The minimum Gasteiger partial charge on any atom is -0.493 e. The Morgan fingerprint density at radius 1 is 1.03 bits per heavy atom. The second-order valence-corrected chi connectivity index (χ2v) is 10.2. The number of benzene rings is 3. The smallest absolute Gasteiger partial charge is 0.264 e. The number of hydrogen-bond acceptors (Lipinski definition) is 5. The first kappa shape index (κ1) is 25.3. The lowest BCUT2D eigenvalue weighted by Crippen LogP contribution is -2.39. The Balaban J connectivity index is 1.69. The summed E-state index contributed by atoms with van der Waals surface area (Å²) in [5.41, 5.74) is 3.50. The molecule has 0 fully saturated rings. The number of anilines is 1. The highest BCUT2D eigenvalue weighted by Crippen LogP contribution is 2.24. The summed E-state index contributed by atoms with van der Waals surface area (Å²) in [5.74, 6) is 0.589. The molecule has 0 spiro atoms. The molecular weight excluding hydrogens is 474 g/mol. The fourth-order valence-electron chi connectivity index (χ4n) is 2.90. The van der Waals surface area contributed by atoms with Gasteiger partial charge in [-0.05, 0) is 72.1 Å². The van der Waals surface area contributed by atoms with E-state index >= 15 is 0 Å². The fraction of sp³-hybridized carbons (Fsp3) is 0.200. The molecule has 0 atom stereocenters. The first-order chi connectivity index (χ1) is 16.3. The molecular formula is C25H26ClN3O4S. The monoisotopic (exact) mass is 499 g/mol. The predicted octanol–water partition coefficient (Wildman–Crippen LogP) is 4.72. The molecule has 178 valence electrons. The van der Waals surface area contributed by atoms with Crippen molar-refractivity contribution in [1.82, 2.24) is 5.43 Å². The summed E-state index contributed by atoms with van der Waals surface area (Å²) in [4.78, 5) is 12.6. The van der Waals surface area contributed by atoms with Gasteiger partial charge in [0, 0.05) is 5.02 Å². The molecule has 1 amide bonds. The lowest BCUT2D eigenvalue weighted by molar-refractivity contribution is -0.119. The number of nitrogens with one attached hydrogen (secondary N) is 1. The Bertz CT molecular complexity index is 1210. The van der Waals surface area contributed by atoms with Gasteiger partial charge < -0.3 is 4.74 Å². The van der Waals surface area contributed by atoms with Crippen LogP contribution in [0.3, 0.4) is 0 Å². The summed E-state index contributed by atoms with van der Waals surface area (Å²) >= 11 is 5.89. The third-order valence-corrected chi connectivity index (χ3v) is 6.64. The van der Waals surface area contributed by atoms with Crippen LogP contribution in [0.15, 0.2) is 88.9 Å². The number of amides is 1. The van der Waals surface area contributed by atoms with Crippen molar-refractivity contribution in [3.05, 3.63) is 89.4 Å². The van der Waals surface area contributed by atoms with Gasteiger partial charge in [0.25, 0.3) is 15.9 Å². The number of ether oxygens (including phenoxy) is 1. The Morgan fingerprint density at radius 2 is 1.68 bits per heavy atom. The van der Waals surface area contributed by atoms with Gasteiger partial charge in [-0.2, -0.15) is 5.10 Å². The average molecular weight is 500 g/mol. The van der Waals surface area contributed by atoms with Crippen molar-refractivity contribution in [1.29, 1.82) is 0 Å². The van der Waals surface area contributed by atoms with Crippen molar-refractivity contribution in [2.24, 2.45) is 11.0 Å². The van der Waals surface area contributed by atoms with E-state index in [1.165, 1.54) is 30.5 Å². The summed E-state index contributed by atoms with van der Waals surface area (Å²) in [5, 5.41) is 4.37. The first-order valence-electron chi connectivity index (χ1n) is 10.6. The van der Waals surface area contributed by atoms with Crippen molar-refractivity contribution in [2.75, 3.05) is 17.5 Å². The lowest BCUT2D eigenvalue weighted by Gasteiger charge is -2.23. The van der Waals surface area contributed by atoms with Gasteiger partial charge in [-0.3, -0.25) is 9.10 Å². The molecule has 1 N–H and O–H groups in total. The molecule has 9 heteroatoms. The van der Waals surface area contributed by atoms with Gasteiger partial charge >= 0.3 is 0 Å². The molecule has 0 bridgehead atoms. The van der Waals surface area contributed by atoms with E-state index in [-0.39, 0.29) is 4.90 Å². The van der Waals surface area contributed by atoms with E-state index in [1.807, 2.05) is 24.3 Å². The van der Waals surface area contributed by atoms with Gasteiger partial charge in [0.1, 0.15) is 12.3 Å². The predicted molar refractivity (Wildman–Crippen MR) is 135 cm³/mol. The van der Waals surface area contributed by atoms with Crippen LogP contribution in [-0.4, -0.2) is 33.7 Å². The summed E-state index contributed by atoms with van der Waals surface area (Å²) in [6, 6.07) is 21.4. The minimum absolute atomic E-state index is 0.0248. The van der Waals surface area contributed by atoms with E-state index in [0.717, 1.165) is 15.6 Å². The third-order valence-electron chi connectivity index (χ3n) is 4.60. The number of nitrogens with zero attached hydrogens (tertiary/aromatic N) is 2. The molecule has 0 aliphatic heterocycles. The van der Waals surface area contributed by atoms with Gasteiger partial charge in [-0.1, -0.05) is 43.6 Å². The van der Waals surface area contributed by atoms with Crippen molar-refractivity contribution in [3.63, 3.8) is 0 Å². The van der Waals surface area contributed by atoms with Crippen LogP contribution in [0.4, 0.5) is 5.69 Å². The molecule has 3 rings (SSSR count). The zero-order chi connectivity index (χ0) is 24.6. The molecule has 0 radical (unpaired) electrons. The van der Waals surface area contributed by atoms with Crippen LogP contribution < -0.4 is 14.5 Å². The molecule has 0 aliphatic carbocycles. The standard InChI is InChI=1S/C25H26ClN3O4S/c1-19(2)18-33-23-12-8-20(9-13-23)16-27-28-25(30)17-29(22-6-4-3-5-7-22)34(31,32)24-14-10-21(26)11-15-24/h3-16,19H,17-18H2,1-2H3,(H,28,30)/b27-16-. The second kappa shape index (κ2) is 11.7. The summed E-state index contributed by atoms with van der Waals surface area (Å²) in [6.07, 6.45) is 1.48. The molecule has 7 nitrogen and oxygen atoms in total. The van der Waals surface area contributed by atoms with Crippen molar-refractivity contribution in [2.45, 2.75) is 18.7 Å². The minimum atomic E-state index is -4.01. The molecule has 0 saturated heterocycles. The van der Waals surface area contributed by atoms with Crippen LogP contribution in [-0.2, 0) is 14.8 Å². The maximum Gasteiger partial charge on any atom is 0.264 e. The van der Waals surface area contributed by atoms with Gasteiger partial charge in [0.15, 0.2) is 0 Å². The van der Waals surface area contributed by atoms with E-state index in [1.54, 1.807) is 30.3 Å². The zero-order valence-corrected chi connectivity index (χ0v) is 20.5. The van der Waals surface area contributed by atoms with Crippen LogP contribution in [0.1, 0.15) is 19.4 Å². The van der Waals surface area contributed by atoms with Crippen molar-refractivity contribution >= 4 is 39.4 Å². The topological polar surface area (TPSA) is 88.1 Å². The molecule has 0 heterocycles. The van der Waals surface area contributed by atoms with Gasteiger partial charge in [0.2, 0.25) is 0 Å². The van der Waals surface area contributed by atoms with E-state index < -0.39 is 22.5 Å². The highest BCUT2D eigenvalue weighted by atomic mass is 35.5. The van der Waals surface area contributed by atoms with Gasteiger partial charge in [0.05, 0.1) is 23.4 Å². The Morgan fingerprint density at radius 3 is 2.29 bits per heavy atom. The number of para-hydroxylation sites is 1. The second-order valence-electron chi connectivity index (χ2n) is 7.87. The Labute approximate surface area is 205 Å². The quantitative estimate of drug-likeness (QED) is 0.323. The highest BCUT2D eigenvalue weighted by Gasteiger charge is 2.27. The maximum absolute atomic E-state index is 13.3. The number of carbonyl (C=O) groups is 1. The van der Waals surface area contributed by atoms with Crippen LogP contribution in [0.2, 0.25) is 5.02 Å². The molecule has 34 heavy (non-hydrogen) atoms. The average Bonchev–Trinajstić information content (AvgIpc) is 2.83. The largest absolute Gasteiger partial charge is 0.493 e. The van der Waals surface area contributed by atoms with E-state index in [9.17, 15) is 13.2 Å². The molecule has 0 unspecified atom stereocenters. The van der Waals surface area contributed by atoms with Crippen LogP contribution in [0.5, 0.6) is 5.75 Å². The third kappa shape index (κ3) is 7.07. The molecule has 0 saturated carbocycles. The summed E-state index contributed by atoms with van der Waals surface area (Å²) in [6.45, 7) is 4.32. The number of hydrazone groups is 1. The molecule has 0 aliphatic rings. The summed E-state index contributed by atoms with van der Waals surface area (Å²) < 4.78 is 33.2. The molecule has 0 aromatic heterocycles. The van der Waals surface area contributed by atoms with E-state index in [0.29, 0.717) is 23.2 Å². The van der Waals surface area contributed by atoms with E-state index in [2.05, 4.69) is 24.4 Å². The van der Waals surface area contributed by atoms with E-state index in [4.69, 9.17) is 16.3 Å².